The topological polar surface area (TPSA) is 33.6 Å². The molecule has 2 heterocycles. The van der Waals surface area contributed by atoms with Gasteiger partial charge in [-0.05, 0) is 81.6 Å². The van der Waals surface area contributed by atoms with E-state index in [1.807, 2.05) is 36.4 Å². The minimum absolute atomic E-state index is 0.155. The van der Waals surface area contributed by atoms with Gasteiger partial charge in [0.1, 0.15) is 11.6 Å². The molecule has 0 atom stereocenters. The van der Waals surface area contributed by atoms with Crippen LogP contribution in [-0.4, -0.2) is 9.13 Å². The molecule has 8 rings (SSSR count). The average Bonchev–Trinajstić information content (AvgIpc) is 3.61. The molecule has 0 fully saturated rings. The molecule has 0 bridgehead atoms. The minimum Gasteiger partial charge on any atom is -0.308 e. The summed E-state index contributed by atoms with van der Waals surface area (Å²) in [6, 6.07) is 37.1. The molecule has 0 aliphatic carbocycles. The molecule has 8 aromatic rings. The number of hydrogen-bond donors (Lipinski definition) is 0. The molecular weight excluding hydrogens is 640 g/mol. The van der Waals surface area contributed by atoms with E-state index in [9.17, 15) is 18.4 Å². The van der Waals surface area contributed by atoms with Crippen LogP contribution in [0.15, 0.2) is 109 Å². The summed E-state index contributed by atoms with van der Waals surface area (Å²) in [4.78, 5) is 0. The molecule has 252 valence electrons. The first-order valence-corrected chi connectivity index (χ1v) is 17.1. The van der Waals surface area contributed by atoms with E-state index < -0.39 is 17.5 Å². The van der Waals surface area contributed by atoms with Crippen molar-refractivity contribution >= 4 is 43.6 Å². The molecule has 0 saturated heterocycles. The number of rotatable bonds is 3. The summed E-state index contributed by atoms with van der Waals surface area (Å²) >= 11 is 0. The smallest absolute Gasteiger partial charge is 0.194 e. The predicted molar refractivity (Wildman–Crippen MR) is 203 cm³/mol. The summed E-state index contributed by atoms with van der Waals surface area (Å²) < 4.78 is 48.2. The van der Waals surface area contributed by atoms with E-state index in [4.69, 9.17) is 0 Å². The maximum atomic E-state index is 14.9. The van der Waals surface area contributed by atoms with Crippen LogP contribution in [0.4, 0.5) is 13.2 Å². The maximum absolute atomic E-state index is 14.9. The second kappa shape index (κ2) is 11.4. The van der Waals surface area contributed by atoms with E-state index in [1.54, 1.807) is 12.1 Å². The molecule has 0 amide bonds. The monoisotopic (exact) mass is 675 g/mol. The van der Waals surface area contributed by atoms with Crippen molar-refractivity contribution in [2.75, 3.05) is 0 Å². The van der Waals surface area contributed by atoms with Crippen molar-refractivity contribution < 1.29 is 13.2 Å². The Hall–Kier alpha value is -5.80. The van der Waals surface area contributed by atoms with Crippen LogP contribution in [-0.2, 0) is 10.8 Å². The minimum atomic E-state index is -1.53. The SMILES string of the molecule is CC(C)(C)c1ccc2c3ccccc3n(-c3cc(-c4cc(F)c(F)c(F)c4)cc(-n4c5ccccc5c5ccc(C(C)(C)C)cc54)c3C#N)c2c1. The fraction of sp³-hybridized carbons (Fsp3) is 0.178. The third kappa shape index (κ3) is 5.10. The number of nitrogens with zero attached hydrogens (tertiary/aromatic N) is 3. The highest BCUT2D eigenvalue weighted by Gasteiger charge is 2.25. The van der Waals surface area contributed by atoms with Crippen molar-refractivity contribution in [3.63, 3.8) is 0 Å². The number of para-hydroxylation sites is 2. The molecule has 0 aliphatic rings. The van der Waals surface area contributed by atoms with Crippen LogP contribution in [0.2, 0.25) is 0 Å². The molecule has 3 nitrogen and oxygen atoms in total. The maximum Gasteiger partial charge on any atom is 0.194 e. The number of fused-ring (bicyclic) bond motifs is 6. The molecule has 0 aliphatic heterocycles. The van der Waals surface area contributed by atoms with Crippen LogP contribution >= 0.6 is 0 Å². The van der Waals surface area contributed by atoms with Gasteiger partial charge in [0.15, 0.2) is 17.5 Å². The van der Waals surface area contributed by atoms with Crippen molar-refractivity contribution in [2.45, 2.75) is 52.4 Å². The zero-order valence-electron chi connectivity index (χ0n) is 29.4. The fourth-order valence-electron chi connectivity index (χ4n) is 7.36. The van der Waals surface area contributed by atoms with E-state index in [0.29, 0.717) is 22.5 Å². The van der Waals surface area contributed by atoms with Gasteiger partial charge >= 0.3 is 0 Å². The normalized spacial score (nSPS) is 12.4. The van der Waals surface area contributed by atoms with Crippen LogP contribution in [0.1, 0.15) is 58.2 Å². The lowest BCUT2D eigenvalue weighted by Crippen LogP contribution is -2.11. The lowest BCUT2D eigenvalue weighted by Gasteiger charge is -2.21. The Bertz CT molecular complexity index is 2590. The molecule has 0 spiro atoms. The van der Waals surface area contributed by atoms with Gasteiger partial charge in [-0.15, -0.1) is 0 Å². The Morgan fingerprint density at radius 2 is 0.882 bits per heavy atom. The first-order chi connectivity index (χ1) is 24.3. The van der Waals surface area contributed by atoms with Crippen molar-refractivity contribution in [1.29, 1.82) is 5.26 Å². The number of hydrogen-bond acceptors (Lipinski definition) is 1. The standard InChI is InChI=1S/C45H36F3N3/c1-44(2,3)28-15-17-32-30-11-7-9-13-37(30)50(41(32)23-28)39-21-27(26-19-35(46)43(48)36(47)20-26)22-40(34(39)25-49)51-38-14-10-8-12-31(38)33-18-16-29(24-42(33)51)45(4,5)6/h7-24H,1-6H3. The quantitative estimate of drug-likeness (QED) is 0.172. The van der Waals surface area contributed by atoms with Crippen LogP contribution in [0.3, 0.4) is 0 Å². The van der Waals surface area contributed by atoms with E-state index in [-0.39, 0.29) is 16.4 Å². The zero-order chi connectivity index (χ0) is 36.0. The van der Waals surface area contributed by atoms with Gasteiger partial charge < -0.3 is 9.13 Å². The van der Waals surface area contributed by atoms with Crippen molar-refractivity contribution in [3.05, 3.63) is 143 Å². The van der Waals surface area contributed by atoms with Crippen molar-refractivity contribution in [1.82, 2.24) is 9.13 Å². The summed E-state index contributed by atoms with van der Waals surface area (Å²) in [5, 5.41) is 15.2. The van der Waals surface area contributed by atoms with Crippen LogP contribution in [0, 0.1) is 28.8 Å². The molecule has 0 unspecified atom stereocenters. The summed E-state index contributed by atoms with van der Waals surface area (Å²) in [6.45, 7) is 13.0. The van der Waals surface area contributed by atoms with E-state index in [1.165, 1.54) is 0 Å². The van der Waals surface area contributed by atoms with E-state index in [2.05, 4.69) is 105 Å². The Morgan fingerprint density at radius 1 is 0.490 bits per heavy atom. The van der Waals surface area contributed by atoms with Crippen molar-refractivity contribution in [2.24, 2.45) is 0 Å². The van der Waals surface area contributed by atoms with E-state index >= 15 is 0 Å². The lowest BCUT2D eigenvalue weighted by molar-refractivity contribution is 0.447. The third-order valence-electron chi connectivity index (χ3n) is 10.1. The molecule has 6 heteroatoms. The molecular formula is C45H36F3N3. The highest BCUT2D eigenvalue weighted by molar-refractivity contribution is 6.11. The third-order valence-corrected chi connectivity index (χ3v) is 10.1. The molecule has 2 aromatic heterocycles. The fourth-order valence-corrected chi connectivity index (χ4v) is 7.36. The highest BCUT2D eigenvalue weighted by Crippen LogP contribution is 2.42. The van der Waals surface area contributed by atoms with Gasteiger partial charge in [-0.3, -0.25) is 0 Å². The molecule has 0 radical (unpaired) electrons. The Labute approximate surface area is 294 Å². The number of halogens is 3. The molecule has 0 N–H and O–H groups in total. The second-order valence-corrected chi connectivity index (χ2v) is 15.4. The molecule has 51 heavy (non-hydrogen) atoms. The van der Waals surface area contributed by atoms with Crippen LogP contribution in [0.25, 0.3) is 66.1 Å². The van der Waals surface area contributed by atoms with Gasteiger partial charge in [-0.2, -0.15) is 5.26 Å². The number of aromatic nitrogens is 2. The number of nitriles is 1. The lowest BCUT2D eigenvalue weighted by atomic mass is 9.86. The predicted octanol–water partition coefficient (Wildman–Crippen LogP) is 12.4. The van der Waals surface area contributed by atoms with Crippen LogP contribution < -0.4 is 0 Å². The van der Waals surface area contributed by atoms with Gasteiger partial charge in [0.2, 0.25) is 0 Å². The number of benzene rings is 6. The Morgan fingerprint density at radius 3 is 1.29 bits per heavy atom. The Kier molecular flexibility index (Phi) is 7.22. The highest BCUT2D eigenvalue weighted by atomic mass is 19.2. The Balaban J connectivity index is 1.58. The van der Waals surface area contributed by atoms with Crippen LogP contribution in [0.5, 0.6) is 0 Å². The molecule has 6 aromatic carbocycles. The summed E-state index contributed by atoms with van der Waals surface area (Å²) in [5.41, 5.74) is 7.56. The van der Waals surface area contributed by atoms with Crippen molar-refractivity contribution in [3.8, 4) is 28.6 Å². The summed E-state index contributed by atoms with van der Waals surface area (Å²) in [6.07, 6.45) is 0. The zero-order valence-corrected chi connectivity index (χ0v) is 29.4. The largest absolute Gasteiger partial charge is 0.308 e. The van der Waals surface area contributed by atoms with Gasteiger partial charge in [0, 0.05) is 21.5 Å². The van der Waals surface area contributed by atoms with Gasteiger partial charge in [-0.25, -0.2) is 13.2 Å². The first kappa shape index (κ1) is 32.4. The van der Waals surface area contributed by atoms with Gasteiger partial charge in [-0.1, -0.05) is 102 Å². The summed E-state index contributed by atoms with van der Waals surface area (Å²) in [7, 11) is 0. The van der Waals surface area contributed by atoms with Gasteiger partial charge in [0.05, 0.1) is 33.4 Å². The van der Waals surface area contributed by atoms with E-state index in [0.717, 1.165) is 66.9 Å². The molecule has 0 saturated carbocycles. The first-order valence-electron chi connectivity index (χ1n) is 17.1. The average molecular weight is 676 g/mol. The van der Waals surface area contributed by atoms with Gasteiger partial charge in [0.25, 0.3) is 0 Å². The second-order valence-electron chi connectivity index (χ2n) is 15.4. The summed E-state index contributed by atoms with van der Waals surface area (Å²) in [5.74, 6) is -4.09.